The Labute approximate surface area is 80.7 Å². The number of carbonyl (C=O) groups excluding carboxylic acids is 4. The van der Waals surface area contributed by atoms with E-state index in [0.29, 0.717) is 0 Å². The second-order valence-corrected chi connectivity index (χ2v) is 2.53. The van der Waals surface area contributed by atoms with E-state index in [1.165, 1.54) is 6.92 Å². The summed E-state index contributed by atoms with van der Waals surface area (Å²) in [6.45, 7) is 3.67. The molecule has 0 unspecified atom stereocenters. The second-order valence-electron chi connectivity index (χ2n) is 2.53. The maximum absolute atomic E-state index is 10.8. The van der Waals surface area contributed by atoms with Gasteiger partial charge in [0.1, 0.15) is 12.2 Å². The smallest absolute Gasteiger partial charge is 0.313 e. The van der Waals surface area contributed by atoms with Gasteiger partial charge in [0.2, 0.25) is 11.6 Å². The lowest BCUT2D eigenvalue weighted by Gasteiger charge is -1.99. The van der Waals surface area contributed by atoms with Crippen molar-refractivity contribution in [3.63, 3.8) is 0 Å². The Bertz CT molecular complexity index is 290. The van der Waals surface area contributed by atoms with E-state index in [0.717, 1.165) is 6.08 Å². The van der Waals surface area contributed by atoms with Gasteiger partial charge in [-0.2, -0.15) is 0 Å². The first-order chi connectivity index (χ1) is 6.47. The van der Waals surface area contributed by atoms with Gasteiger partial charge in [-0.05, 0) is 13.0 Å². The summed E-state index contributed by atoms with van der Waals surface area (Å²) in [4.78, 5) is 42.6. The lowest BCUT2D eigenvalue weighted by molar-refractivity contribution is -0.150. The molecule has 0 aromatic carbocycles. The second kappa shape index (κ2) is 5.80. The number of ketones is 3. The number of allylic oxidation sites excluding steroid dienone is 1. The molecule has 14 heavy (non-hydrogen) atoms. The van der Waals surface area contributed by atoms with Gasteiger partial charge in [-0.1, -0.05) is 6.58 Å². The SMILES string of the molecule is C=CC(=O)C(=O)COC(=O)CC(C)=O. The van der Waals surface area contributed by atoms with E-state index in [4.69, 9.17) is 0 Å². The third kappa shape index (κ3) is 4.97. The van der Waals surface area contributed by atoms with Gasteiger partial charge in [-0.15, -0.1) is 0 Å². The minimum Gasteiger partial charge on any atom is -0.457 e. The van der Waals surface area contributed by atoms with Crippen LogP contribution in [0.3, 0.4) is 0 Å². The van der Waals surface area contributed by atoms with Crippen molar-refractivity contribution in [2.45, 2.75) is 13.3 Å². The largest absolute Gasteiger partial charge is 0.457 e. The Morgan fingerprint density at radius 1 is 1.29 bits per heavy atom. The van der Waals surface area contributed by atoms with Crippen molar-refractivity contribution >= 4 is 23.3 Å². The molecule has 5 nitrogen and oxygen atoms in total. The van der Waals surface area contributed by atoms with Crippen LogP contribution in [-0.2, 0) is 23.9 Å². The first-order valence-electron chi connectivity index (χ1n) is 3.82. The normalized spacial score (nSPS) is 8.93. The van der Waals surface area contributed by atoms with Crippen molar-refractivity contribution < 1.29 is 23.9 Å². The van der Waals surface area contributed by atoms with Crippen LogP contribution < -0.4 is 0 Å². The molecule has 0 heterocycles. The van der Waals surface area contributed by atoms with Crippen molar-refractivity contribution in [3.05, 3.63) is 12.7 Å². The summed E-state index contributed by atoms with van der Waals surface area (Å²) in [6, 6.07) is 0. The number of ether oxygens (including phenoxy) is 1. The van der Waals surface area contributed by atoms with E-state index in [1.54, 1.807) is 0 Å². The highest BCUT2D eigenvalue weighted by atomic mass is 16.5. The molecule has 76 valence electrons. The molecule has 0 rings (SSSR count). The van der Waals surface area contributed by atoms with Crippen LogP contribution in [0.5, 0.6) is 0 Å². The van der Waals surface area contributed by atoms with Crippen LogP contribution >= 0.6 is 0 Å². The minimum atomic E-state index is -0.864. The van der Waals surface area contributed by atoms with Crippen LogP contribution in [0.2, 0.25) is 0 Å². The lowest BCUT2D eigenvalue weighted by atomic mass is 10.3. The molecule has 0 atom stereocenters. The summed E-state index contributed by atoms with van der Waals surface area (Å²) >= 11 is 0. The predicted octanol–water partition coefficient (Wildman–Crippen LogP) is -0.167. The van der Waals surface area contributed by atoms with E-state index < -0.39 is 30.6 Å². The van der Waals surface area contributed by atoms with Crippen molar-refractivity contribution in [2.24, 2.45) is 0 Å². The van der Waals surface area contributed by atoms with E-state index in [1.807, 2.05) is 0 Å². The van der Waals surface area contributed by atoms with Crippen LogP contribution in [0.4, 0.5) is 0 Å². The fraction of sp³-hybridized carbons (Fsp3) is 0.333. The number of carbonyl (C=O) groups is 4. The minimum absolute atomic E-state index is 0.363. The average molecular weight is 198 g/mol. The van der Waals surface area contributed by atoms with E-state index in [9.17, 15) is 19.2 Å². The third-order valence-corrected chi connectivity index (χ3v) is 1.22. The highest BCUT2D eigenvalue weighted by Crippen LogP contribution is 1.89. The molecule has 0 aromatic heterocycles. The molecule has 5 heteroatoms. The van der Waals surface area contributed by atoms with Gasteiger partial charge < -0.3 is 4.74 Å². The van der Waals surface area contributed by atoms with Crippen LogP contribution in [0.15, 0.2) is 12.7 Å². The Balaban J connectivity index is 3.89. The number of hydrogen-bond acceptors (Lipinski definition) is 5. The Kier molecular flexibility index (Phi) is 5.06. The number of rotatable bonds is 6. The van der Waals surface area contributed by atoms with Crippen molar-refractivity contribution in [1.82, 2.24) is 0 Å². The maximum Gasteiger partial charge on any atom is 0.313 e. The predicted molar refractivity (Wildman–Crippen MR) is 46.5 cm³/mol. The molecule has 0 N–H and O–H groups in total. The van der Waals surface area contributed by atoms with Crippen molar-refractivity contribution in [2.75, 3.05) is 6.61 Å². The molecular formula is C9H10O5. The molecular weight excluding hydrogens is 188 g/mol. The Hall–Kier alpha value is -1.78. The van der Waals surface area contributed by atoms with Gasteiger partial charge in [-0.25, -0.2) is 0 Å². The Morgan fingerprint density at radius 2 is 1.86 bits per heavy atom. The van der Waals surface area contributed by atoms with Gasteiger partial charge in [0, 0.05) is 0 Å². The fourth-order valence-corrected chi connectivity index (χ4v) is 0.585. The maximum atomic E-state index is 10.8. The molecule has 0 amide bonds. The van der Waals surface area contributed by atoms with Gasteiger partial charge in [0.15, 0.2) is 6.61 Å². The topological polar surface area (TPSA) is 77.5 Å². The molecule has 0 saturated heterocycles. The summed E-state index contributed by atoms with van der Waals surface area (Å²) in [6.07, 6.45) is 0.441. The van der Waals surface area contributed by atoms with Crippen LogP contribution in [-0.4, -0.2) is 29.9 Å². The molecule has 0 aliphatic rings. The number of esters is 1. The standard InChI is InChI=1S/C9H10O5/c1-3-7(11)8(12)5-14-9(13)4-6(2)10/h3H,1,4-5H2,2H3. The highest BCUT2D eigenvalue weighted by molar-refractivity contribution is 6.42. The lowest BCUT2D eigenvalue weighted by Crippen LogP contribution is -2.21. The van der Waals surface area contributed by atoms with Gasteiger partial charge >= 0.3 is 5.97 Å². The first kappa shape index (κ1) is 12.2. The van der Waals surface area contributed by atoms with Crippen molar-refractivity contribution in [1.29, 1.82) is 0 Å². The van der Waals surface area contributed by atoms with E-state index >= 15 is 0 Å². The first-order valence-corrected chi connectivity index (χ1v) is 3.82. The number of Topliss-reactive ketones (excluding diaryl/α,β-unsaturated/α-hetero) is 2. The fourth-order valence-electron chi connectivity index (χ4n) is 0.585. The number of hydrogen-bond donors (Lipinski definition) is 0. The zero-order valence-electron chi connectivity index (χ0n) is 7.74. The van der Waals surface area contributed by atoms with E-state index in [-0.39, 0.29) is 5.78 Å². The summed E-state index contributed by atoms with van der Waals surface area (Å²) in [7, 11) is 0. The molecule has 0 aliphatic heterocycles. The summed E-state index contributed by atoms with van der Waals surface area (Å²) in [5, 5.41) is 0. The molecule has 0 aliphatic carbocycles. The summed E-state index contributed by atoms with van der Waals surface area (Å²) in [5.74, 6) is -2.86. The van der Waals surface area contributed by atoms with Gasteiger partial charge in [0.25, 0.3) is 0 Å². The van der Waals surface area contributed by atoms with Crippen LogP contribution in [0, 0.1) is 0 Å². The van der Waals surface area contributed by atoms with Crippen LogP contribution in [0.25, 0.3) is 0 Å². The summed E-state index contributed by atoms with van der Waals surface area (Å²) in [5.41, 5.74) is 0. The molecule has 0 fully saturated rings. The van der Waals surface area contributed by atoms with Gasteiger partial charge in [0.05, 0.1) is 0 Å². The molecule has 0 spiro atoms. The van der Waals surface area contributed by atoms with Gasteiger partial charge in [-0.3, -0.25) is 19.2 Å². The summed E-state index contributed by atoms with van der Waals surface area (Å²) < 4.78 is 4.36. The Morgan fingerprint density at radius 3 is 2.29 bits per heavy atom. The highest BCUT2D eigenvalue weighted by Gasteiger charge is 2.13. The molecule has 0 saturated carbocycles. The third-order valence-electron chi connectivity index (χ3n) is 1.22. The zero-order valence-corrected chi connectivity index (χ0v) is 7.74. The zero-order chi connectivity index (χ0) is 11.1. The molecule has 0 aromatic rings. The monoisotopic (exact) mass is 198 g/mol. The molecule has 0 bridgehead atoms. The van der Waals surface area contributed by atoms with E-state index in [2.05, 4.69) is 11.3 Å². The quantitative estimate of drug-likeness (QED) is 0.256. The van der Waals surface area contributed by atoms with Crippen molar-refractivity contribution in [3.8, 4) is 0 Å². The van der Waals surface area contributed by atoms with Crippen LogP contribution in [0.1, 0.15) is 13.3 Å². The average Bonchev–Trinajstić information content (AvgIpc) is 2.11. The molecule has 0 radical (unpaired) electrons.